The van der Waals surface area contributed by atoms with Gasteiger partial charge in [-0.2, -0.15) is 0 Å². The van der Waals surface area contributed by atoms with E-state index in [9.17, 15) is 0 Å². The van der Waals surface area contributed by atoms with E-state index in [4.69, 9.17) is 5.73 Å². The standard InChI is InChI=1S/C20H27N/c1-4-5-6-16-7-9-18(10-8-16)20(21)19-13-11-17(12-14-19)15(2)3/h7-15,20H,4-6,21H2,1-3H3. The van der Waals surface area contributed by atoms with Crippen molar-refractivity contribution < 1.29 is 0 Å². The summed E-state index contributed by atoms with van der Waals surface area (Å²) >= 11 is 0. The molecule has 0 radical (unpaired) electrons. The fraction of sp³-hybridized carbons (Fsp3) is 0.400. The Morgan fingerprint density at radius 1 is 0.810 bits per heavy atom. The number of hydrogen-bond acceptors (Lipinski definition) is 1. The van der Waals surface area contributed by atoms with Crippen LogP contribution in [0.3, 0.4) is 0 Å². The van der Waals surface area contributed by atoms with E-state index in [2.05, 4.69) is 69.3 Å². The van der Waals surface area contributed by atoms with Gasteiger partial charge in [-0.25, -0.2) is 0 Å². The molecule has 0 fully saturated rings. The highest BCUT2D eigenvalue weighted by Crippen LogP contribution is 2.23. The lowest BCUT2D eigenvalue weighted by molar-refractivity contribution is 0.793. The van der Waals surface area contributed by atoms with E-state index < -0.39 is 0 Å². The van der Waals surface area contributed by atoms with Crippen molar-refractivity contribution in [1.82, 2.24) is 0 Å². The van der Waals surface area contributed by atoms with Gasteiger partial charge in [0.1, 0.15) is 0 Å². The summed E-state index contributed by atoms with van der Waals surface area (Å²) in [6.45, 7) is 6.65. The zero-order valence-corrected chi connectivity index (χ0v) is 13.5. The zero-order valence-electron chi connectivity index (χ0n) is 13.5. The average Bonchev–Trinajstić information content (AvgIpc) is 2.53. The largest absolute Gasteiger partial charge is 0.320 e. The molecule has 21 heavy (non-hydrogen) atoms. The predicted octanol–water partition coefficient (Wildman–Crippen LogP) is 5.20. The van der Waals surface area contributed by atoms with Gasteiger partial charge in [0.25, 0.3) is 0 Å². The minimum absolute atomic E-state index is 0.0357. The minimum Gasteiger partial charge on any atom is -0.320 e. The second kappa shape index (κ2) is 7.42. The lowest BCUT2D eigenvalue weighted by Crippen LogP contribution is -2.11. The zero-order chi connectivity index (χ0) is 15.2. The first kappa shape index (κ1) is 15.8. The SMILES string of the molecule is CCCCc1ccc(C(N)c2ccc(C(C)C)cc2)cc1. The van der Waals surface area contributed by atoms with Crippen LogP contribution in [-0.4, -0.2) is 0 Å². The highest BCUT2D eigenvalue weighted by molar-refractivity contribution is 5.35. The van der Waals surface area contributed by atoms with E-state index in [1.165, 1.54) is 35.1 Å². The molecule has 0 aromatic heterocycles. The van der Waals surface area contributed by atoms with E-state index in [-0.39, 0.29) is 6.04 Å². The molecule has 0 aliphatic heterocycles. The fourth-order valence-corrected chi connectivity index (χ4v) is 2.55. The van der Waals surface area contributed by atoms with Gasteiger partial charge in [0.05, 0.1) is 6.04 Å². The van der Waals surface area contributed by atoms with Crippen LogP contribution in [0.25, 0.3) is 0 Å². The van der Waals surface area contributed by atoms with Crippen molar-refractivity contribution in [2.75, 3.05) is 0 Å². The summed E-state index contributed by atoms with van der Waals surface area (Å²) in [6.07, 6.45) is 3.65. The topological polar surface area (TPSA) is 26.0 Å². The summed E-state index contributed by atoms with van der Waals surface area (Å²) in [7, 11) is 0. The second-order valence-electron chi connectivity index (χ2n) is 6.14. The minimum atomic E-state index is -0.0357. The van der Waals surface area contributed by atoms with Crippen LogP contribution in [0.4, 0.5) is 0 Å². The predicted molar refractivity (Wildman–Crippen MR) is 91.6 cm³/mol. The molecule has 0 spiro atoms. The molecule has 0 saturated heterocycles. The van der Waals surface area contributed by atoms with Gasteiger partial charge in [0.15, 0.2) is 0 Å². The Labute approximate surface area is 129 Å². The molecule has 0 saturated carbocycles. The Bertz CT molecular complexity index is 537. The molecular weight excluding hydrogens is 254 g/mol. The third-order valence-corrected chi connectivity index (χ3v) is 4.12. The van der Waals surface area contributed by atoms with Crippen molar-refractivity contribution in [3.63, 3.8) is 0 Å². The molecule has 2 rings (SSSR count). The Morgan fingerprint density at radius 2 is 1.29 bits per heavy atom. The maximum absolute atomic E-state index is 6.39. The summed E-state index contributed by atoms with van der Waals surface area (Å²) in [4.78, 5) is 0. The molecule has 2 N–H and O–H groups in total. The van der Waals surface area contributed by atoms with Gasteiger partial charge in [-0.15, -0.1) is 0 Å². The first-order valence-electron chi connectivity index (χ1n) is 8.06. The smallest absolute Gasteiger partial charge is 0.0551 e. The number of nitrogens with two attached hydrogens (primary N) is 1. The van der Waals surface area contributed by atoms with E-state index in [1.807, 2.05) is 0 Å². The molecule has 0 aliphatic rings. The third-order valence-electron chi connectivity index (χ3n) is 4.12. The van der Waals surface area contributed by atoms with Crippen molar-refractivity contribution in [3.05, 3.63) is 70.8 Å². The number of aryl methyl sites for hydroxylation is 1. The van der Waals surface area contributed by atoms with Crippen molar-refractivity contribution in [1.29, 1.82) is 0 Å². The first-order valence-corrected chi connectivity index (χ1v) is 8.06. The van der Waals surface area contributed by atoms with Crippen molar-refractivity contribution in [3.8, 4) is 0 Å². The highest BCUT2D eigenvalue weighted by atomic mass is 14.6. The summed E-state index contributed by atoms with van der Waals surface area (Å²) in [5.74, 6) is 0.563. The van der Waals surface area contributed by atoms with E-state index in [1.54, 1.807) is 0 Å². The highest BCUT2D eigenvalue weighted by Gasteiger charge is 2.09. The summed E-state index contributed by atoms with van der Waals surface area (Å²) in [5, 5.41) is 0. The van der Waals surface area contributed by atoms with Crippen LogP contribution in [0.2, 0.25) is 0 Å². The molecule has 1 nitrogen and oxygen atoms in total. The molecule has 112 valence electrons. The number of rotatable bonds is 6. The van der Waals surface area contributed by atoms with Crippen LogP contribution in [0, 0.1) is 0 Å². The summed E-state index contributed by atoms with van der Waals surface area (Å²) in [6, 6.07) is 17.4. The average molecular weight is 281 g/mol. The van der Waals surface area contributed by atoms with Gasteiger partial charge in [0, 0.05) is 0 Å². The lowest BCUT2D eigenvalue weighted by atomic mass is 9.95. The molecule has 2 aromatic rings. The number of unbranched alkanes of at least 4 members (excludes halogenated alkanes) is 1. The molecule has 0 amide bonds. The molecule has 1 unspecified atom stereocenters. The molecular formula is C20H27N. The van der Waals surface area contributed by atoms with E-state index in [0.717, 1.165) is 6.42 Å². The third kappa shape index (κ3) is 4.18. The molecule has 2 aromatic carbocycles. The maximum Gasteiger partial charge on any atom is 0.0551 e. The van der Waals surface area contributed by atoms with Crippen LogP contribution < -0.4 is 5.73 Å². The summed E-state index contributed by atoms with van der Waals surface area (Å²) < 4.78 is 0. The molecule has 0 bridgehead atoms. The summed E-state index contributed by atoms with van der Waals surface area (Å²) in [5.41, 5.74) is 11.5. The normalized spacial score (nSPS) is 12.6. The van der Waals surface area contributed by atoms with Crippen molar-refractivity contribution in [2.45, 2.75) is 52.0 Å². The molecule has 1 heteroatoms. The van der Waals surface area contributed by atoms with Crippen LogP contribution in [0.1, 0.15) is 67.8 Å². The lowest BCUT2D eigenvalue weighted by Gasteiger charge is -2.14. The van der Waals surface area contributed by atoms with Crippen LogP contribution >= 0.6 is 0 Å². The van der Waals surface area contributed by atoms with Gasteiger partial charge in [0.2, 0.25) is 0 Å². The van der Waals surface area contributed by atoms with Gasteiger partial charge in [-0.1, -0.05) is 75.7 Å². The first-order chi connectivity index (χ1) is 10.1. The molecule has 0 heterocycles. The van der Waals surface area contributed by atoms with Crippen molar-refractivity contribution >= 4 is 0 Å². The van der Waals surface area contributed by atoms with Gasteiger partial charge in [-0.3, -0.25) is 0 Å². The van der Waals surface area contributed by atoms with E-state index in [0.29, 0.717) is 5.92 Å². The maximum atomic E-state index is 6.39. The molecule has 0 aliphatic carbocycles. The monoisotopic (exact) mass is 281 g/mol. The van der Waals surface area contributed by atoms with Gasteiger partial charge < -0.3 is 5.73 Å². The Morgan fingerprint density at radius 3 is 1.76 bits per heavy atom. The van der Waals surface area contributed by atoms with Crippen LogP contribution in [-0.2, 0) is 6.42 Å². The van der Waals surface area contributed by atoms with E-state index >= 15 is 0 Å². The quantitative estimate of drug-likeness (QED) is 0.773. The second-order valence-corrected chi connectivity index (χ2v) is 6.14. The Balaban J connectivity index is 2.10. The Kier molecular flexibility index (Phi) is 5.58. The van der Waals surface area contributed by atoms with Crippen LogP contribution in [0.15, 0.2) is 48.5 Å². The molecule has 1 atom stereocenters. The van der Waals surface area contributed by atoms with Gasteiger partial charge >= 0.3 is 0 Å². The van der Waals surface area contributed by atoms with Crippen LogP contribution in [0.5, 0.6) is 0 Å². The van der Waals surface area contributed by atoms with Gasteiger partial charge in [-0.05, 0) is 41.0 Å². The number of benzene rings is 2. The van der Waals surface area contributed by atoms with Crippen molar-refractivity contribution in [2.24, 2.45) is 5.73 Å². The number of hydrogen-bond donors (Lipinski definition) is 1. The fourth-order valence-electron chi connectivity index (χ4n) is 2.55. The Hall–Kier alpha value is -1.60.